The van der Waals surface area contributed by atoms with E-state index >= 15 is 0 Å². The lowest BCUT2D eigenvalue weighted by atomic mass is 10.2. The maximum atomic E-state index is 13.3. The van der Waals surface area contributed by atoms with Gasteiger partial charge in [0, 0.05) is 11.1 Å². The second-order valence-electron chi connectivity index (χ2n) is 4.82. The lowest BCUT2D eigenvalue weighted by molar-refractivity contribution is -0.140. The molecule has 2 heterocycles. The molecule has 0 radical (unpaired) electrons. The molecule has 110 valence electrons. The number of thioether (sulfide) groups is 1. The number of nitrogen functional groups attached to an aromatic ring is 1. The maximum absolute atomic E-state index is 13.3. The van der Waals surface area contributed by atoms with Crippen LogP contribution in [0.3, 0.4) is 0 Å². The minimum atomic E-state index is -0.366. The van der Waals surface area contributed by atoms with Crippen molar-refractivity contribution in [2.24, 2.45) is 4.99 Å². The lowest BCUT2D eigenvalue weighted by Gasteiger charge is -2.02. The Bertz CT molecular complexity index is 741. The first kappa shape index (κ1) is 13.9. The van der Waals surface area contributed by atoms with Crippen molar-refractivity contribution in [3.63, 3.8) is 0 Å². The monoisotopic (exact) mass is 307 g/mol. The molecule has 0 saturated carbocycles. The Morgan fingerprint density at radius 1 is 1.57 bits per heavy atom. The molecule has 0 aliphatic carbocycles. The number of aromatic nitrogens is 1. The zero-order valence-corrected chi connectivity index (χ0v) is 12.2. The molecule has 1 aliphatic rings. The molecular weight excluding hydrogens is 293 g/mol. The Morgan fingerprint density at radius 2 is 2.38 bits per heavy atom. The van der Waals surface area contributed by atoms with Gasteiger partial charge in [0.15, 0.2) is 0 Å². The van der Waals surface area contributed by atoms with Gasteiger partial charge in [0.1, 0.15) is 10.9 Å². The Hall–Kier alpha value is -2.02. The molecule has 0 amide bonds. The fraction of sp³-hybridized carbons (Fsp3) is 0.286. The zero-order chi connectivity index (χ0) is 15.0. The second-order valence-corrected chi connectivity index (χ2v) is 5.83. The molecule has 3 rings (SSSR count). The number of benzene rings is 1. The van der Waals surface area contributed by atoms with Crippen LogP contribution < -0.4 is 5.73 Å². The highest BCUT2D eigenvalue weighted by Gasteiger charge is 2.23. The van der Waals surface area contributed by atoms with E-state index in [0.29, 0.717) is 16.6 Å². The molecule has 0 spiro atoms. The van der Waals surface area contributed by atoms with E-state index in [4.69, 9.17) is 5.73 Å². The van der Waals surface area contributed by atoms with E-state index in [1.165, 1.54) is 19.2 Å². The van der Waals surface area contributed by atoms with E-state index in [0.717, 1.165) is 16.5 Å². The summed E-state index contributed by atoms with van der Waals surface area (Å²) in [5.74, 6) is 0.0904. The SMILES string of the molecule is COC(=O)C[C@@H]1CSC(c2cc3cc(F)cc(N)c3[nH]2)=N1. The summed E-state index contributed by atoms with van der Waals surface area (Å²) in [6.07, 6.45) is 0.268. The molecule has 5 nitrogen and oxygen atoms in total. The van der Waals surface area contributed by atoms with Crippen molar-refractivity contribution in [3.05, 3.63) is 29.7 Å². The van der Waals surface area contributed by atoms with Crippen LogP contribution in [0.15, 0.2) is 23.2 Å². The van der Waals surface area contributed by atoms with Crippen LogP contribution in [0, 0.1) is 5.82 Å². The van der Waals surface area contributed by atoms with Crippen molar-refractivity contribution >= 4 is 39.4 Å². The number of H-pyrrole nitrogens is 1. The molecule has 1 atom stereocenters. The van der Waals surface area contributed by atoms with Gasteiger partial charge in [-0.3, -0.25) is 9.79 Å². The van der Waals surface area contributed by atoms with Gasteiger partial charge in [-0.1, -0.05) is 0 Å². The van der Waals surface area contributed by atoms with E-state index in [1.54, 1.807) is 11.8 Å². The molecule has 2 aromatic rings. The highest BCUT2D eigenvalue weighted by atomic mass is 32.2. The number of nitrogens with zero attached hydrogens (tertiary/aromatic N) is 1. The molecule has 7 heteroatoms. The molecule has 1 aromatic carbocycles. The van der Waals surface area contributed by atoms with Gasteiger partial charge in [-0.15, -0.1) is 11.8 Å². The number of ether oxygens (including phenoxy) is 1. The first-order chi connectivity index (χ1) is 10.1. The summed E-state index contributed by atoms with van der Waals surface area (Å²) in [7, 11) is 1.37. The molecule has 21 heavy (non-hydrogen) atoms. The molecule has 0 unspecified atom stereocenters. The topological polar surface area (TPSA) is 80.5 Å². The lowest BCUT2D eigenvalue weighted by Crippen LogP contribution is -2.12. The summed E-state index contributed by atoms with van der Waals surface area (Å²) < 4.78 is 18.0. The summed E-state index contributed by atoms with van der Waals surface area (Å²) >= 11 is 1.56. The zero-order valence-electron chi connectivity index (χ0n) is 11.4. The number of methoxy groups -OCH3 is 1. The first-order valence-electron chi connectivity index (χ1n) is 6.42. The fourth-order valence-corrected chi connectivity index (χ4v) is 3.32. The smallest absolute Gasteiger partial charge is 0.307 e. The number of nitrogens with one attached hydrogen (secondary N) is 1. The minimum absolute atomic E-state index is 0.0852. The highest BCUT2D eigenvalue weighted by molar-refractivity contribution is 8.14. The Balaban J connectivity index is 1.89. The minimum Gasteiger partial charge on any atom is -0.469 e. The predicted molar refractivity (Wildman–Crippen MR) is 82.1 cm³/mol. The largest absolute Gasteiger partial charge is 0.469 e. The fourth-order valence-electron chi connectivity index (χ4n) is 2.29. The number of aromatic amines is 1. The van der Waals surface area contributed by atoms with Crippen LogP contribution in [0.5, 0.6) is 0 Å². The van der Waals surface area contributed by atoms with Crippen molar-refractivity contribution in [2.75, 3.05) is 18.6 Å². The number of hydrogen-bond acceptors (Lipinski definition) is 5. The van der Waals surface area contributed by atoms with Gasteiger partial charge >= 0.3 is 5.97 Å². The van der Waals surface area contributed by atoms with Gasteiger partial charge < -0.3 is 15.5 Å². The quantitative estimate of drug-likeness (QED) is 0.673. The number of rotatable bonds is 3. The third-order valence-corrected chi connectivity index (χ3v) is 4.45. The summed E-state index contributed by atoms with van der Waals surface area (Å²) in [4.78, 5) is 18.9. The van der Waals surface area contributed by atoms with Crippen LogP contribution >= 0.6 is 11.8 Å². The number of nitrogens with two attached hydrogens (primary N) is 1. The van der Waals surface area contributed by atoms with E-state index in [1.807, 2.05) is 6.07 Å². The van der Waals surface area contributed by atoms with Gasteiger partial charge in [0.05, 0.1) is 36.5 Å². The summed E-state index contributed by atoms with van der Waals surface area (Å²) in [6.45, 7) is 0. The Labute approximate surface area is 124 Å². The molecule has 1 aliphatic heterocycles. The van der Waals surface area contributed by atoms with Crippen molar-refractivity contribution in [1.82, 2.24) is 4.98 Å². The molecule has 0 bridgehead atoms. The van der Waals surface area contributed by atoms with Gasteiger partial charge in [-0.05, 0) is 18.2 Å². The number of esters is 1. The van der Waals surface area contributed by atoms with E-state index in [9.17, 15) is 9.18 Å². The third kappa shape index (κ3) is 2.73. The first-order valence-corrected chi connectivity index (χ1v) is 7.41. The van der Waals surface area contributed by atoms with E-state index < -0.39 is 0 Å². The van der Waals surface area contributed by atoms with Gasteiger partial charge in [-0.25, -0.2) is 4.39 Å². The predicted octanol–water partition coefficient (Wildman–Crippen LogP) is 2.31. The highest BCUT2D eigenvalue weighted by Crippen LogP contribution is 2.29. The van der Waals surface area contributed by atoms with Crippen molar-refractivity contribution in [1.29, 1.82) is 0 Å². The number of hydrogen-bond donors (Lipinski definition) is 2. The molecule has 0 saturated heterocycles. The normalized spacial score (nSPS) is 18.0. The van der Waals surface area contributed by atoms with Crippen LogP contribution in [0.4, 0.5) is 10.1 Å². The number of halogens is 1. The van der Waals surface area contributed by atoms with Gasteiger partial charge in [0.2, 0.25) is 0 Å². The molecule has 3 N–H and O–H groups in total. The number of fused-ring (bicyclic) bond motifs is 1. The van der Waals surface area contributed by atoms with Crippen LogP contribution in [0.1, 0.15) is 12.1 Å². The molecular formula is C14H14FN3O2S. The number of aliphatic imine (C=N–C) groups is 1. The number of carbonyl (C=O) groups excluding carboxylic acids is 1. The van der Waals surface area contributed by atoms with Crippen LogP contribution in [-0.4, -0.2) is 34.9 Å². The summed E-state index contributed by atoms with van der Waals surface area (Å²) in [5.41, 5.74) is 7.66. The summed E-state index contributed by atoms with van der Waals surface area (Å²) in [6, 6.07) is 4.45. The van der Waals surface area contributed by atoms with Crippen LogP contribution in [0.2, 0.25) is 0 Å². The van der Waals surface area contributed by atoms with E-state index in [-0.39, 0.29) is 24.2 Å². The van der Waals surface area contributed by atoms with Crippen molar-refractivity contribution < 1.29 is 13.9 Å². The average Bonchev–Trinajstić information content (AvgIpc) is 3.04. The van der Waals surface area contributed by atoms with E-state index in [2.05, 4.69) is 14.7 Å². The Morgan fingerprint density at radius 3 is 3.14 bits per heavy atom. The second kappa shape index (κ2) is 5.40. The van der Waals surface area contributed by atoms with Gasteiger partial charge in [-0.2, -0.15) is 0 Å². The summed E-state index contributed by atoms with van der Waals surface area (Å²) in [5, 5.41) is 1.52. The van der Waals surface area contributed by atoms with Gasteiger partial charge in [0.25, 0.3) is 0 Å². The van der Waals surface area contributed by atoms with Crippen molar-refractivity contribution in [2.45, 2.75) is 12.5 Å². The number of carbonyl (C=O) groups is 1. The molecule has 0 fully saturated rings. The third-order valence-electron chi connectivity index (χ3n) is 3.30. The average molecular weight is 307 g/mol. The standard InChI is InChI=1S/C14H14FN3O2S/c1-20-12(19)5-9-6-21-14(17-9)11-3-7-2-8(15)4-10(16)13(7)18-11/h2-4,9,18H,5-6,16H2,1H3/t9-/m1/s1. The maximum Gasteiger partial charge on any atom is 0.307 e. The van der Waals surface area contributed by atoms with Crippen molar-refractivity contribution in [3.8, 4) is 0 Å². The Kier molecular flexibility index (Phi) is 3.59. The van der Waals surface area contributed by atoms with Crippen LogP contribution in [-0.2, 0) is 9.53 Å². The number of anilines is 1. The molecule has 1 aromatic heterocycles. The van der Waals surface area contributed by atoms with Crippen LogP contribution in [0.25, 0.3) is 10.9 Å².